The molecule has 0 unspecified atom stereocenters. The zero-order valence-corrected chi connectivity index (χ0v) is 18.4. The molecule has 5 rings (SSSR count). The van der Waals surface area contributed by atoms with Crippen molar-refractivity contribution >= 4 is 45.5 Å². The van der Waals surface area contributed by atoms with Gasteiger partial charge in [0.1, 0.15) is 17.2 Å². The van der Waals surface area contributed by atoms with E-state index in [2.05, 4.69) is 15.0 Å². The fourth-order valence-corrected chi connectivity index (χ4v) is 3.69. The summed E-state index contributed by atoms with van der Waals surface area (Å²) in [5.74, 6) is 0.715. The van der Waals surface area contributed by atoms with Gasteiger partial charge in [0.15, 0.2) is 5.82 Å². The maximum absolute atomic E-state index is 10.4. The van der Waals surface area contributed by atoms with E-state index >= 15 is 0 Å². The van der Waals surface area contributed by atoms with Gasteiger partial charge in [-0.3, -0.25) is 4.99 Å². The van der Waals surface area contributed by atoms with Crippen LogP contribution in [-0.4, -0.2) is 27.6 Å². The van der Waals surface area contributed by atoms with Crippen molar-refractivity contribution in [1.82, 2.24) is 4.98 Å². The number of fused-ring (bicyclic) bond motifs is 2. The summed E-state index contributed by atoms with van der Waals surface area (Å²) >= 11 is 0. The van der Waals surface area contributed by atoms with Crippen molar-refractivity contribution in [2.45, 2.75) is 0 Å². The number of hydrogen-bond acceptors (Lipinski definition) is 5. The summed E-state index contributed by atoms with van der Waals surface area (Å²) in [6.07, 6.45) is 4.88. The van der Waals surface area contributed by atoms with E-state index in [9.17, 15) is 10.2 Å². The molecule has 0 bridgehead atoms. The number of aliphatic imine (C=N–C) groups is 2. The maximum atomic E-state index is 10.4. The molecule has 1 aromatic heterocycles. The molecule has 0 spiro atoms. The van der Waals surface area contributed by atoms with Gasteiger partial charge >= 0.3 is 0 Å². The number of aromatic nitrogens is 1. The van der Waals surface area contributed by atoms with Crippen LogP contribution < -0.4 is 0 Å². The van der Waals surface area contributed by atoms with Crippen LogP contribution in [0.15, 0.2) is 101 Å². The molecular weight excluding hydrogens is 457 g/mol. The van der Waals surface area contributed by atoms with Crippen LogP contribution in [0.3, 0.4) is 0 Å². The Balaban J connectivity index is 0.00000259. The van der Waals surface area contributed by atoms with Crippen molar-refractivity contribution in [3.05, 3.63) is 102 Å². The van der Waals surface area contributed by atoms with Gasteiger partial charge in [0.25, 0.3) is 0 Å². The van der Waals surface area contributed by atoms with E-state index < -0.39 is 0 Å². The molecule has 0 saturated heterocycles. The van der Waals surface area contributed by atoms with Crippen LogP contribution in [0.1, 0.15) is 11.1 Å². The zero-order valence-electron chi connectivity index (χ0n) is 17.4. The Bertz CT molecular complexity index is 1400. The molecule has 0 atom stereocenters. The molecule has 5 nitrogen and oxygen atoms in total. The Morgan fingerprint density at radius 3 is 1.76 bits per heavy atom. The molecule has 164 valence electrons. The molecule has 0 fully saturated rings. The number of aromatic hydroxyl groups is 2. The first-order valence-corrected chi connectivity index (χ1v) is 10.2. The van der Waals surface area contributed by atoms with Crippen molar-refractivity contribution in [3.8, 4) is 11.5 Å². The number of nitrogens with zero attached hydrogens (tertiary/aromatic N) is 3. The molecule has 4 aromatic carbocycles. The van der Waals surface area contributed by atoms with Crippen LogP contribution in [0, 0.1) is 0 Å². The second-order valence-corrected chi connectivity index (χ2v) is 7.30. The summed E-state index contributed by atoms with van der Waals surface area (Å²) in [5, 5.41) is 24.6. The Hall–Kier alpha value is -4.02. The zero-order chi connectivity index (χ0) is 21.9. The van der Waals surface area contributed by atoms with Crippen molar-refractivity contribution in [1.29, 1.82) is 0 Å². The van der Waals surface area contributed by atoms with E-state index in [1.54, 1.807) is 42.9 Å². The van der Waals surface area contributed by atoms with E-state index in [1.165, 1.54) is 0 Å². The summed E-state index contributed by atoms with van der Waals surface area (Å²) in [7, 11) is 0. The normalized spacial score (nSPS) is 11.4. The molecule has 0 saturated carbocycles. The Morgan fingerprint density at radius 1 is 0.606 bits per heavy atom. The van der Waals surface area contributed by atoms with E-state index in [-0.39, 0.29) is 28.0 Å². The average molecular weight is 476 g/mol. The van der Waals surface area contributed by atoms with Crippen LogP contribution in [0.4, 0.5) is 11.5 Å². The molecule has 1 heterocycles. The number of phenols is 2. The van der Waals surface area contributed by atoms with E-state index in [0.29, 0.717) is 22.6 Å². The summed E-state index contributed by atoms with van der Waals surface area (Å²) in [5.41, 5.74) is 1.81. The third-order valence-corrected chi connectivity index (χ3v) is 5.31. The molecule has 0 radical (unpaired) electrons. The first kappa shape index (κ1) is 22.2. The Labute approximate surface area is 200 Å². The van der Waals surface area contributed by atoms with Crippen LogP contribution >= 0.6 is 0 Å². The van der Waals surface area contributed by atoms with Gasteiger partial charge in [-0.1, -0.05) is 60.7 Å². The summed E-state index contributed by atoms with van der Waals surface area (Å²) in [4.78, 5) is 13.4. The fourth-order valence-electron chi connectivity index (χ4n) is 3.69. The van der Waals surface area contributed by atoms with Gasteiger partial charge in [-0.25, -0.2) is 9.98 Å². The van der Waals surface area contributed by atoms with Crippen molar-refractivity contribution in [2.24, 2.45) is 9.98 Å². The van der Waals surface area contributed by atoms with Crippen molar-refractivity contribution in [3.63, 3.8) is 0 Å². The first-order chi connectivity index (χ1) is 15.7. The smallest absolute Gasteiger partial charge is 0.178 e. The first-order valence-electron chi connectivity index (χ1n) is 10.2. The predicted octanol–water partition coefficient (Wildman–Crippen LogP) is 6.30. The van der Waals surface area contributed by atoms with Gasteiger partial charge < -0.3 is 10.2 Å². The van der Waals surface area contributed by atoms with Crippen LogP contribution in [-0.2, 0) is 16.5 Å². The number of hydrogen-bond donors (Lipinski definition) is 2. The second kappa shape index (κ2) is 9.64. The van der Waals surface area contributed by atoms with Crippen LogP contribution in [0.5, 0.6) is 11.5 Å². The van der Waals surface area contributed by atoms with Gasteiger partial charge in [-0.2, -0.15) is 0 Å². The monoisotopic (exact) mass is 475 g/mol. The van der Waals surface area contributed by atoms with E-state index in [4.69, 9.17) is 0 Å². The molecule has 33 heavy (non-hydrogen) atoms. The molecule has 0 aliphatic carbocycles. The molecular formula is C27H19N3NiO2. The van der Waals surface area contributed by atoms with Gasteiger partial charge in [0.05, 0.1) is 0 Å². The quantitative estimate of drug-likeness (QED) is 0.236. The van der Waals surface area contributed by atoms with Crippen LogP contribution in [0.25, 0.3) is 21.5 Å². The number of benzene rings is 4. The largest absolute Gasteiger partial charge is 0.507 e. The number of phenolic OH excluding ortho intramolecular Hbond substituents is 2. The summed E-state index contributed by atoms with van der Waals surface area (Å²) < 4.78 is 0. The number of pyridine rings is 1. The predicted molar refractivity (Wildman–Crippen MR) is 130 cm³/mol. The van der Waals surface area contributed by atoms with Gasteiger partial charge in [0.2, 0.25) is 0 Å². The van der Waals surface area contributed by atoms with Crippen molar-refractivity contribution in [2.75, 3.05) is 0 Å². The molecule has 0 aliphatic heterocycles. The average Bonchev–Trinajstić information content (AvgIpc) is 2.83. The second-order valence-electron chi connectivity index (χ2n) is 7.30. The van der Waals surface area contributed by atoms with E-state index in [0.717, 1.165) is 21.5 Å². The third-order valence-electron chi connectivity index (χ3n) is 5.31. The fraction of sp³-hybridized carbons (Fsp3) is 0. The topological polar surface area (TPSA) is 78.1 Å². The molecule has 6 heteroatoms. The Kier molecular flexibility index (Phi) is 6.48. The molecule has 2 N–H and O–H groups in total. The molecule has 5 aromatic rings. The van der Waals surface area contributed by atoms with E-state index in [1.807, 2.05) is 60.7 Å². The summed E-state index contributed by atoms with van der Waals surface area (Å²) in [6.45, 7) is 0. The van der Waals surface area contributed by atoms with Gasteiger partial charge in [-0.15, -0.1) is 0 Å². The minimum Gasteiger partial charge on any atom is -0.507 e. The van der Waals surface area contributed by atoms with Crippen LogP contribution in [0.2, 0.25) is 0 Å². The molecule has 0 aliphatic rings. The third kappa shape index (κ3) is 4.47. The minimum absolute atomic E-state index is 0. The molecule has 0 amide bonds. The number of rotatable bonds is 4. The minimum atomic E-state index is 0. The van der Waals surface area contributed by atoms with Gasteiger partial charge in [0, 0.05) is 46.2 Å². The van der Waals surface area contributed by atoms with Crippen molar-refractivity contribution < 1.29 is 26.7 Å². The standard InChI is InChI=1S/C27H19N3O2.Ni/c31-25-13-11-18-6-1-3-8-20(18)22(25)16-29-24-10-5-15-28-27(24)30-17-23-21-9-4-2-7-19(21)12-14-26(23)32;/h1-17,31-32H;/b29-16?,30-17+;. The SMILES string of the molecule is Oc1ccc2ccccc2c1C=Nc1cccnc1/N=C/c1c(O)ccc2ccccc12.[Ni]. The Morgan fingerprint density at radius 2 is 1.15 bits per heavy atom. The summed E-state index contributed by atoms with van der Waals surface area (Å²) in [6, 6.07) is 26.3. The maximum Gasteiger partial charge on any atom is 0.178 e. The van der Waals surface area contributed by atoms with Gasteiger partial charge in [-0.05, 0) is 45.8 Å².